The van der Waals surface area contributed by atoms with Gasteiger partial charge in [0.25, 0.3) is 0 Å². The zero-order chi connectivity index (χ0) is 41.1. The van der Waals surface area contributed by atoms with Gasteiger partial charge in [-0.05, 0) is 61.2 Å². The third-order valence-corrected chi connectivity index (χ3v) is 8.82. The lowest BCUT2D eigenvalue weighted by Gasteiger charge is -2.27. The average Bonchev–Trinajstić information content (AvgIpc) is 3.15. The van der Waals surface area contributed by atoms with E-state index < -0.39 is 84.3 Å². The molecule has 0 saturated heterocycles. The van der Waals surface area contributed by atoms with Crippen molar-refractivity contribution < 1.29 is 54.0 Å². The first-order valence-corrected chi connectivity index (χ1v) is 18.5. The van der Waals surface area contributed by atoms with Crippen LogP contribution in [-0.2, 0) is 46.4 Å². The molecule has 0 aliphatic rings. The van der Waals surface area contributed by atoms with Gasteiger partial charge in [-0.25, -0.2) is 4.79 Å². The molecule has 0 bridgehead atoms. The molecule has 0 unspecified atom stereocenters. The number of hydrogen-bond acceptors (Lipinski definition) is 13. The second-order valence-corrected chi connectivity index (χ2v) is 13.2. The molecule has 12 N–H and O–H groups in total. The minimum atomic E-state index is -1.64. The summed E-state index contributed by atoms with van der Waals surface area (Å²) in [5, 5.41) is 53.7. The van der Waals surface area contributed by atoms with Crippen LogP contribution in [0.15, 0.2) is 48.5 Å². The van der Waals surface area contributed by atoms with Crippen molar-refractivity contribution in [1.29, 1.82) is 0 Å². The highest BCUT2D eigenvalue weighted by atomic mass is 32.1. The monoisotopic (exact) mass is 807 g/mol. The predicted molar refractivity (Wildman–Crippen MR) is 206 cm³/mol. The quantitative estimate of drug-likeness (QED) is 0.0424. The Kier molecular flexibility index (Phi) is 19.8. The molecule has 2 aromatic rings. The number of phenolic OH excluding ortho intramolecular Hbond substituents is 2. The lowest BCUT2D eigenvalue weighted by molar-refractivity contribution is -0.141. The summed E-state index contributed by atoms with van der Waals surface area (Å²) < 4.78 is 0. The lowest BCUT2D eigenvalue weighted by atomic mass is 10.0. The number of aliphatic carboxylic acids is 1. The maximum Gasteiger partial charge on any atom is 0.327 e. The first-order chi connectivity index (χ1) is 26.1. The number of carboxylic acid groups (broad SMARTS) is 1. The number of amides is 6. The van der Waals surface area contributed by atoms with Gasteiger partial charge in [0.1, 0.15) is 47.8 Å². The highest BCUT2D eigenvalue weighted by molar-refractivity contribution is 7.80. The normalized spacial score (nSPS) is 14.1. The number of carbonyl (C=O) groups excluding carboxylic acids is 6. The number of thiol groups is 2. The van der Waals surface area contributed by atoms with E-state index in [4.69, 9.17) is 5.73 Å². The summed E-state index contributed by atoms with van der Waals surface area (Å²) >= 11 is 8.05. The van der Waals surface area contributed by atoms with Crippen LogP contribution in [0.5, 0.6) is 11.5 Å². The SMILES string of the molecule is CC(=O)N[C@@H](CS)C(=O)N[C@@H](Cc1ccc(O)cc1)C(=O)N[C@@H](CO)C(=O)N[C@@H](CCCCN)C(=O)N[C@@H](Cc1ccc(O)cc1)C(=O)N[C@@H](CS)C(=O)O. The maximum absolute atomic E-state index is 13.7. The van der Waals surface area contributed by atoms with Gasteiger partial charge in [0.15, 0.2) is 0 Å². The van der Waals surface area contributed by atoms with E-state index in [1.54, 1.807) is 0 Å². The molecular weight excluding hydrogens is 759 g/mol. The largest absolute Gasteiger partial charge is 0.508 e. The molecule has 0 spiro atoms. The van der Waals surface area contributed by atoms with E-state index in [0.29, 0.717) is 24.0 Å². The van der Waals surface area contributed by atoms with Gasteiger partial charge in [-0.15, -0.1) is 0 Å². The van der Waals surface area contributed by atoms with Crippen molar-refractivity contribution in [1.82, 2.24) is 31.9 Å². The number of rotatable bonds is 23. The van der Waals surface area contributed by atoms with E-state index in [1.165, 1.54) is 55.5 Å². The molecule has 0 fully saturated rings. The van der Waals surface area contributed by atoms with Gasteiger partial charge in [-0.1, -0.05) is 24.3 Å². The molecule has 2 aromatic carbocycles. The number of aromatic hydroxyl groups is 2. The van der Waals surface area contributed by atoms with Gasteiger partial charge >= 0.3 is 5.97 Å². The van der Waals surface area contributed by atoms with Crippen molar-refractivity contribution in [3.63, 3.8) is 0 Å². The number of carbonyl (C=O) groups is 7. The Balaban J connectivity index is 2.33. The van der Waals surface area contributed by atoms with Crippen LogP contribution in [0.1, 0.15) is 37.3 Å². The fraction of sp³-hybridized carbons (Fsp3) is 0.457. The Hall–Kier alpha value is -5.05. The summed E-state index contributed by atoms with van der Waals surface area (Å²) in [6, 6.07) is 3.26. The summed E-state index contributed by atoms with van der Waals surface area (Å²) in [4.78, 5) is 90.4. The molecule has 6 amide bonds. The van der Waals surface area contributed by atoms with Gasteiger partial charge in [0.05, 0.1) is 6.61 Å². The van der Waals surface area contributed by atoms with Crippen LogP contribution in [0.3, 0.4) is 0 Å². The molecule has 18 nitrogen and oxygen atoms in total. The van der Waals surface area contributed by atoms with E-state index in [9.17, 15) is 54.0 Å². The number of benzene rings is 2. The first-order valence-electron chi connectivity index (χ1n) is 17.2. The Labute approximate surface area is 328 Å². The molecular formula is C35H49N7O11S2. The molecule has 2 rings (SSSR count). The van der Waals surface area contributed by atoms with Crippen molar-refractivity contribution in [2.45, 2.75) is 75.3 Å². The minimum absolute atomic E-state index is 0.0105. The van der Waals surface area contributed by atoms with Crippen LogP contribution in [-0.4, -0.2) is 123 Å². The van der Waals surface area contributed by atoms with Crippen molar-refractivity contribution in [3.05, 3.63) is 59.7 Å². The predicted octanol–water partition coefficient (Wildman–Crippen LogP) is -2.12. The molecule has 0 aromatic heterocycles. The number of carboxylic acids is 1. The van der Waals surface area contributed by atoms with Gasteiger partial charge in [0, 0.05) is 31.3 Å². The zero-order valence-electron chi connectivity index (χ0n) is 30.1. The topological polar surface area (TPSA) is 299 Å². The molecule has 0 saturated carbocycles. The highest BCUT2D eigenvalue weighted by Crippen LogP contribution is 2.14. The average molecular weight is 808 g/mol. The summed E-state index contributed by atoms with van der Waals surface area (Å²) in [6.07, 6.45) is 0.518. The van der Waals surface area contributed by atoms with Crippen LogP contribution in [0.2, 0.25) is 0 Å². The summed E-state index contributed by atoms with van der Waals surface area (Å²) in [6.45, 7) is 0.515. The van der Waals surface area contributed by atoms with Crippen LogP contribution in [0.4, 0.5) is 0 Å². The summed E-state index contributed by atoms with van der Waals surface area (Å²) in [5.74, 6) is -6.73. The van der Waals surface area contributed by atoms with Crippen LogP contribution in [0.25, 0.3) is 0 Å². The number of aliphatic hydroxyl groups excluding tert-OH is 1. The third kappa shape index (κ3) is 16.1. The molecule has 20 heteroatoms. The summed E-state index contributed by atoms with van der Waals surface area (Å²) in [7, 11) is 0. The van der Waals surface area contributed by atoms with Gasteiger partial charge in [-0.2, -0.15) is 25.3 Å². The van der Waals surface area contributed by atoms with Gasteiger partial charge < -0.3 is 58.1 Å². The molecule has 6 atom stereocenters. The number of unbranched alkanes of at least 4 members (excludes halogenated alkanes) is 1. The summed E-state index contributed by atoms with van der Waals surface area (Å²) in [5.41, 5.74) is 6.63. The number of aliphatic hydroxyl groups is 1. The van der Waals surface area contributed by atoms with Crippen LogP contribution < -0.4 is 37.6 Å². The van der Waals surface area contributed by atoms with E-state index in [2.05, 4.69) is 57.2 Å². The van der Waals surface area contributed by atoms with Crippen molar-refractivity contribution in [3.8, 4) is 11.5 Å². The molecule has 302 valence electrons. The number of hydrogen-bond donors (Lipinski definition) is 13. The second kappa shape index (κ2) is 23.7. The van der Waals surface area contributed by atoms with E-state index in [-0.39, 0.29) is 48.8 Å². The fourth-order valence-electron chi connectivity index (χ4n) is 5.10. The van der Waals surface area contributed by atoms with Crippen LogP contribution >= 0.6 is 25.3 Å². The Morgan fingerprint density at radius 2 is 0.964 bits per heavy atom. The Morgan fingerprint density at radius 1 is 0.582 bits per heavy atom. The number of phenols is 2. The van der Waals surface area contributed by atoms with E-state index in [1.807, 2.05) is 0 Å². The van der Waals surface area contributed by atoms with E-state index >= 15 is 0 Å². The fourth-order valence-corrected chi connectivity index (χ4v) is 5.60. The molecule has 55 heavy (non-hydrogen) atoms. The zero-order valence-corrected chi connectivity index (χ0v) is 31.9. The Bertz CT molecular complexity index is 1620. The van der Waals surface area contributed by atoms with Gasteiger partial charge in [0.2, 0.25) is 35.4 Å². The molecule has 0 heterocycles. The standard InChI is InChI=1S/C35H49N7O11S2/c1-19(44)37-28(17-54)34(51)40-25(14-20-5-9-22(45)10-6-20)31(48)41-27(16-43)33(50)38-24(4-2-3-13-36)30(47)39-26(15-21-7-11-23(46)12-8-21)32(49)42-29(18-55)35(52)53/h5-12,24-29,43,45-46,54-55H,2-4,13-18,36H2,1H3,(H,37,44)(H,38,50)(H,39,47)(H,40,51)(H,41,48)(H,42,49)(H,52,53)/t24-,25-,26-,27-,28-,29-/m0/s1. The number of nitrogens with two attached hydrogens (primary N) is 1. The molecule has 0 radical (unpaired) electrons. The second-order valence-electron chi connectivity index (χ2n) is 12.5. The van der Waals surface area contributed by atoms with Gasteiger partial charge in [-0.3, -0.25) is 28.8 Å². The third-order valence-electron chi connectivity index (χ3n) is 8.09. The van der Waals surface area contributed by atoms with E-state index in [0.717, 1.165) is 0 Å². The maximum atomic E-state index is 13.7. The molecule has 0 aliphatic carbocycles. The first kappa shape index (κ1) is 46.1. The number of nitrogens with one attached hydrogen (secondary N) is 6. The van der Waals surface area contributed by atoms with Crippen LogP contribution in [0, 0.1) is 0 Å². The molecule has 0 aliphatic heterocycles. The van der Waals surface area contributed by atoms with Crippen molar-refractivity contribution >= 4 is 66.7 Å². The Morgan fingerprint density at radius 3 is 1.36 bits per heavy atom. The van der Waals surface area contributed by atoms with Crippen molar-refractivity contribution in [2.75, 3.05) is 24.7 Å². The smallest absolute Gasteiger partial charge is 0.327 e. The highest BCUT2D eigenvalue weighted by Gasteiger charge is 2.33. The van der Waals surface area contributed by atoms with Crippen molar-refractivity contribution in [2.24, 2.45) is 5.73 Å². The lowest BCUT2D eigenvalue weighted by Crippen LogP contribution is -2.60. The minimum Gasteiger partial charge on any atom is -0.508 e.